The summed E-state index contributed by atoms with van der Waals surface area (Å²) < 4.78 is 0. The average molecular weight is 192 g/mol. The Balaban J connectivity index is 0.000000720. The molecule has 0 bridgehead atoms. The Kier molecular flexibility index (Phi) is 2.25. The van der Waals surface area contributed by atoms with Crippen LogP contribution in [0.4, 0.5) is 4.79 Å². The monoisotopic (exact) mass is 191 g/mol. The van der Waals surface area contributed by atoms with Gasteiger partial charge in [-0.3, -0.25) is 10.1 Å². The number of hydrogen-bond donors (Lipinski definition) is 3. The number of amides is 3. The smallest absolute Gasteiger partial charge is 0.322 e. The molecule has 5 nitrogen and oxygen atoms in total. The van der Waals surface area contributed by atoms with Gasteiger partial charge in [0.1, 0.15) is 5.54 Å². The molecule has 2 saturated heterocycles. The molecule has 2 rings (SSSR count). The quantitative estimate of drug-likeness (QED) is 0.430. The molecule has 1 atom stereocenters. The molecule has 6 heteroatoms. The predicted molar refractivity (Wildman–Crippen MR) is 44.1 cm³/mol. The van der Waals surface area contributed by atoms with Crippen molar-refractivity contribution in [3.63, 3.8) is 0 Å². The Morgan fingerprint density at radius 2 is 2.08 bits per heavy atom. The first-order valence-electron chi connectivity index (χ1n) is 3.57. The Morgan fingerprint density at radius 3 is 2.50 bits per heavy atom. The largest absolute Gasteiger partial charge is 0.322 e. The molecule has 2 heterocycles. The van der Waals surface area contributed by atoms with Gasteiger partial charge in [-0.1, -0.05) is 0 Å². The van der Waals surface area contributed by atoms with E-state index in [0.29, 0.717) is 13.0 Å². The molecule has 3 N–H and O–H groups in total. The Bertz CT molecular complexity index is 225. The number of halogens is 1. The first-order valence-corrected chi connectivity index (χ1v) is 3.57. The van der Waals surface area contributed by atoms with E-state index in [9.17, 15) is 9.59 Å². The van der Waals surface area contributed by atoms with Crippen LogP contribution in [0.15, 0.2) is 0 Å². The summed E-state index contributed by atoms with van der Waals surface area (Å²) >= 11 is 0. The Labute approximate surface area is 75.7 Å². The van der Waals surface area contributed by atoms with Crippen LogP contribution < -0.4 is 16.0 Å². The van der Waals surface area contributed by atoms with Crippen LogP contribution in [0, 0.1) is 0 Å². The van der Waals surface area contributed by atoms with Crippen molar-refractivity contribution >= 4 is 24.3 Å². The normalized spacial score (nSPS) is 33.0. The lowest BCUT2D eigenvalue weighted by atomic mass is 10.00. The molecular weight excluding hydrogens is 182 g/mol. The molecule has 68 valence electrons. The lowest BCUT2D eigenvalue weighted by molar-refractivity contribution is -0.123. The minimum atomic E-state index is -0.642. The predicted octanol–water partition coefficient (Wildman–Crippen LogP) is -1.02. The van der Waals surface area contributed by atoms with Gasteiger partial charge in [-0.15, -0.1) is 12.4 Å². The zero-order valence-corrected chi connectivity index (χ0v) is 7.16. The summed E-state index contributed by atoms with van der Waals surface area (Å²) in [6, 6.07) is -0.376. The molecule has 1 spiro atoms. The highest BCUT2D eigenvalue weighted by Crippen LogP contribution is 2.17. The topological polar surface area (TPSA) is 70.2 Å². The first kappa shape index (κ1) is 9.28. The second-order valence-corrected chi connectivity index (χ2v) is 2.92. The highest BCUT2D eigenvalue weighted by molar-refractivity contribution is 6.07. The molecule has 0 aromatic carbocycles. The van der Waals surface area contributed by atoms with E-state index < -0.39 is 5.54 Å². The fraction of sp³-hybridized carbons (Fsp3) is 0.667. The van der Waals surface area contributed by atoms with Crippen molar-refractivity contribution in [1.82, 2.24) is 16.0 Å². The van der Waals surface area contributed by atoms with Crippen molar-refractivity contribution < 1.29 is 9.59 Å². The van der Waals surface area contributed by atoms with E-state index in [-0.39, 0.29) is 24.3 Å². The molecular formula is C6H10ClN3O2. The van der Waals surface area contributed by atoms with Gasteiger partial charge in [-0.2, -0.15) is 0 Å². The van der Waals surface area contributed by atoms with E-state index in [1.807, 2.05) is 0 Å². The van der Waals surface area contributed by atoms with Gasteiger partial charge in [0.25, 0.3) is 5.91 Å². The van der Waals surface area contributed by atoms with E-state index in [0.717, 1.165) is 6.54 Å². The molecule has 0 saturated carbocycles. The number of carbonyl (C=O) groups excluding carboxylic acids is 2. The van der Waals surface area contributed by atoms with Gasteiger partial charge in [0, 0.05) is 6.54 Å². The third-order valence-electron chi connectivity index (χ3n) is 2.17. The highest BCUT2D eigenvalue weighted by Gasteiger charge is 2.47. The van der Waals surface area contributed by atoms with Crippen LogP contribution in [0.1, 0.15) is 6.42 Å². The molecule has 2 fully saturated rings. The second-order valence-electron chi connectivity index (χ2n) is 2.92. The van der Waals surface area contributed by atoms with Crippen LogP contribution in [0.2, 0.25) is 0 Å². The zero-order valence-electron chi connectivity index (χ0n) is 6.35. The fourth-order valence-electron chi connectivity index (χ4n) is 1.52. The molecule has 0 aromatic heterocycles. The van der Waals surface area contributed by atoms with Gasteiger partial charge in [0.15, 0.2) is 0 Å². The summed E-state index contributed by atoms with van der Waals surface area (Å²) in [4.78, 5) is 21.9. The number of imide groups is 1. The molecule has 2 aliphatic heterocycles. The van der Waals surface area contributed by atoms with E-state index in [1.165, 1.54) is 0 Å². The van der Waals surface area contributed by atoms with E-state index >= 15 is 0 Å². The maximum absolute atomic E-state index is 11.2. The molecule has 12 heavy (non-hydrogen) atoms. The highest BCUT2D eigenvalue weighted by atomic mass is 35.5. The zero-order chi connectivity index (χ0) is 7.90. The number of rotatable bonds is 0. The van der Waals surface area contributed by atoms with Gasteiger partial charge < -0.3 is 10.6 Å². The van der Waals surface area contributed by atoms with Crippen molar-refractivity contribution in [2.24, 2.45) is 0 Å². The summed E-state index contributed by atoms with van der Waals surface area (Å²) in [5, 5.41) is 7.87. The van der Waals surface area contributed by atoms with E-state index in [1.54, 1.807) is 0 Å². The van der Waals surface area contributed by atoms with Crippen LogP contribution in [0.5, 0.6) is 0 Å². The summed E-state index contributed by atoms with van der Waals surface area (Å²) in [5.41, 5.74) is -0.642. The number of urea groups is 1. The molecule has 0 unspecified atom stereocenters. The number of nitrogens with one attached hydrogen (secondary N) is 3. The maximum atomic E-state index is 11.2. The third-order valence-corrected chi connectivity index (χ3v) is 2.17. The van der Waals surface area contributed by atoms with Crippen LogP contribution in [0.25, 0.3) is 0 Å². The molecule has 0 radical (unpaired) electrons. The SMILES string of the molecule is Cl.O=C1NC(=O)[C@@]2(CCNC2)N1. The minimum Gasteiger partial charge on any atom is -0.322 e. The molecule has 2 aliphatic rings. The number of carbonyl (C=O) groups is 2. The van der Waals surface area contributed by atoms with Crippen molar-refractivity contribution in [3.05, 3.63) is 0 Å². The molecule has 3 amide bonds. The molecule has 0 aromatic rings. The van der Waals surface area contributed by atoms with Gasteiger partial charge in [-0.25, -0.2) is 4.79 Å². The van der Waals surface area contributed by atoms with E-state index in [2.05, 4.69) is 16.0 Å². The van der Waals surface area contributed by atoms with Crippen LogP contribution in [0.3, 0.4) is 0 Å². The van der Waals surface area contributed by atoms with Crippen LogP contribution in [-0.4, -0.2) is 30.6 Å². The van der Waals surface area contributed by atoms with Crippen LogP contribution >= 0.6 is 12.4 Å². The summed E-state index contributed by atoms with van der Waals surface area (Å²) in [6.07, 6.45) is 0.685. The van der Waals surface area contributed by atoms with Gasteiger partial charge >= 0.3 is 6.03 Å². The lowest BCUT2D eigenvalue weighted by Gasteiger charge is -2.16. The second kappa shape index (κ2) is 2.91. The van der Waals surface area contributed by atoms with E-state index in [4.69, 9.17) is 0 Å². The van der Waals surface area contributed by atoms with Gasteiger partial charge in [0.2, 0.25) is 0 Å². The standard InChI is InChI=1S/C6H9N3O2.ClH/c10-4-6(1-2-7-3-6)9-5(11)8-4;/h7H,1-3H2,(H2,8,9,10,11);1H/t6-;/m0./s1. The minimum absolute atomic E-state index is 0. The van der Waals surface area contributed by atoms with Crippen molar-refractivity contribution in [3.8, 4) is 0 Å². The summed E-state index contributed by atoms with van der Waals surface area (Å²) in [5.74, 6) is -0.201. The first-order chi connectivity index (χ1) is 5.23. The Morgan fingerprint density at radius 1 is 1.33 bits per heavy atom. The van der Waals surface area contributed by atoms with Crippen LogP contribution in [-0.2, 0) is 4.79 Å². The van der Waals surface area contributed by atoms with Crippen molar-refractivity contribution in [2.75, 3.05) is 13.1 Å². The summed E-state index contributed by atoms with van der Waals surface area (Å²) in [6.45, 7) is 1.33. The summed E-state index contributed by atoms with van der Waals surface area (Å²) in [7, 11) is 0. The van der Waals surface area contributed by atoms with Crippen molar-refractivity contribution in [2.45, 2.75) is 12.0 Å². The third kappa shape index (κ3) is 1.15. The lowest BCUT2D eigenvalue weighted by Crippen LogP contribution is -2.48. The fourth-order valence-corrected chi connectivity index (χ4v) is 1.52. The van der Waals surface area contributed by atoms with Gasteiger partial charge in [-0.05, 0) is 13.0 Å². The van der Waals surface area contributed by atoms with Crippen molar-refractivity contribution in [1.29, 1.82) is 0 Å². The Hall–Kier alpha value is -0.810. The average Bonchev–Trinajstić information content (AvgIpc) is 2.45. The van der Waals surface area contributed by atoms with Gasteiger partial charge in [0.05, 0.1) is 0 Å². The maximum Gasteiger partial charge on any atom is 0.322 e. The molecule has 0 aliphatic carbocycles. The number of hydrogen-bond acceptors (Lipinski definition) is 3.